The molecule has 0 bridgehead atoms. The van der Waals surface area contributed by atoms with Crippen molar-refractivity contribution in [3.63, 3.8) is 0 Å². The van der Waals surface area contributed by atoms with Crippen molar-refractivity contribution in [1.29, 1.82) is 0 Å². The fourth-order valence-corrected chi connectivity index (χ4v) is 3.69. The third-order valence-electron chi connectivity index (χ3n) is 4.31. The third-order valence-corrected chi connectivity index (χ3v) is 5.67. The molecule has 32 heavy (non-hydrogen) atoms. The van der Waals surface area contributed by atoms with Crippen LogP contribution in [-0.4, -0.2) is 19.9 Å². The lowest BCUT2D eigenvalue weighted by atomic mass is 10.1. The van der Waals surface area contributed by atoms with E-state index in [0.29, 0.717) is 5.76 Å². The molecule has 0 aliphatic rings. The van der Waals surface area contributed by atoms with E-state index in [1.807, 2.05) is 0 Å². The van der Waals surface area contributed by atoms with Gasteiger partial charge >= 0.3 is 0 Å². The minimum atomic E-state index is -4.32. The molecule has 2 aromatic carbocycles. The zero-order chi connectivity index (χ0) is 23.0. The van der Waals surface area contributed by atoms with Gasteiger partial charge in [-0.25, -0.2) is 17.2 Å². The number of hydrogen-bond donors (Lipinski definition) is 3. The Labute approximate surface area is 190 Å². The number of rotatable bonds is 6. The molecule has 0 aliphatic heterocycles. The van der Waals surface area contributed by atoms with Crippen molar-refractivity contribution >= 4 is 39.7 Å². The highest BCUT2D eigenvalue weighted by atomic mass is 35.5. The molecular weight excluding hydrogens is 464 g/mol. The Morgan fingerprint density at radius 1 is 1.03 bits per heavy atom. The summed E-state index contributed by atoms with van der Waals surface area (Å²) in [7, 11) is -4.32. The number of aryl methyl sites for hydroxylation is 1. The fourth-order valence-electron chi connectivity index (χ4n) is 2.62. The molecule has 0 saturated carbocycles. The monoisotopic (exact) mass is 485 g/mol. The number of furan rings is 1. The van der Waals surface area contributed by atoms with Crippen LogP contribution < -0.4 is 15.8 Å². The topological polar surface area (TPSA) is 114 Å². The maximum atomic E-state index is 14.5. The summed E-state index contributed by atoms with van der Waals surface area (Å²) in [6.45, 7) is 4.67. The van der Waals surface area contributed by atoms with Gasteiger partial charge in [0.15, 0.2) is 0 Å². The Bertz CT molecular complexity index is 1250. The molecule has 4 N–H and O–H groups in total. The summed E-state index contributed by atoms with van der Waals surface area (Å²) < 4.78 is 61.5. The van der Waals surface area contributed by atoms with E-state index < -0.39 is 43.7 Å². The van der Waals surface area contributed by atoms with Crippen molar-refractivity contribution < 1.29 is 26.4 Å². The smallest absolute Gasteiger partial charge is 0.262 e. The fraction of sp³-hybridized carbons (Fsp3) is 0.190. The molecule has 3 rings (SSSR count). The van der Waals surface area contributed by atoms with Crippen molar-refractivity contribution in [2.45, 2.75) is 31.2 Å². The van der Waals surface area contributed by atoms with Gasteiger partial charge in [-0.2, -0.15) is 0 Å². The van der Waals surface area contributed by atoms with Gasteiger partial charge in [-0.05, 0) is 69.3 Å². The number of anilines is 2. The molecule has 0 aliphatic carbocycles. The molecule has 0 unspecified atom stereocenters. The van der Waals surface area contributed by atoms with Crippen LogP contribution in [0, 0.1) is 18.6 Å². The number of halogens is 3. The lowest BCUT2D eigenvalue weighted by Gasteiger charge is -2.18. The van der Waals surface area contributed by atoms with Gasteiger partial charge in [-0.3, -0.25) is 9.52 Å². The summed E-state index contributed by atoms with van der Waals surface area (Å²) in [6, 6.07) is 9.83. The highest BCUT2D eigenvalue weighted by Gasteiger charge is 2.23. The number of benzene rings is 2. The van der Waals surface area contributed by atoms with Crippen molar-refractivity contribution in [1.82, 2.24) is 0 Å². The van der Waals surface area contributed by atoms with Crippen LogP contribution in [0.5, 0.6) is 0 Å². The Morgan fingerprint density at radius 3 is 2.28 bits per heavy atom. The number of nitrogens with two attached hydrogens (primary N) is 1. The van der Waals surface area contributed by atoms with Gasteiger partial charge < -0.3 is 15.5 Å². The molecule has 0 fully saturated rings. The maximum Gasteiger partial charge on any atom is 0.262 e. The second-order valence-electron chi connectivity index (χ2n) is 7.53. The van der Waals surface area contributed by atoms with Crippen molar-refractivity contribution in [3.05, 3.63) is 65.9 Å². The van der Waals surface area contributed by atoms with Gasteiger partial charge in [-0.1, -0.05) is 0 Å². The van der Waals surface area contributed by atoms with Crippen LogP contribution >= 0.6 is 12.4 Å². The third kappa shape index (κ3) is 5.64. The molecule has 1 aromatic heterocycles. The highest BCUT2D eigenvalue weighted by molar-refractivity contribution is 7.92. The van der Waals surface area contributed by atoms with E-state index in [-0.39, 0.29) is 29.4 Å². The van der Waals surface area contributed by atoms with E-state index >= 15 is 0 Å². The molecule has 0 spiro atoms. The van der Waals surface area contributed by atoms with Gasteiger partial charge in [0.1, 0.15) is 23.2 Å². The number of sulfonamides is 1. The van der Waals surface area contributed by atoms with Gasteiger partial charge in [0.25, 0.3) is 10.0 Å². The van der Waals surface area contributed by atoms with E-state index in [0.717, 1.165) is 18.2 Å². The minimum absolute atomic E-state index is 0. The number of carbonyl (C=O) groups excluding carboxylic acids is 1. The number of hydrogen-bond acceptors (Lipinski definition) is 5. The first-order chi connectivity index (χ1) is 14.4. The normalized spacial score (nSPS) is 11.6. The molecule has 3 aromatic rings. The average Bonchev–Trinajstić information content (AvgIpc) is 3.09. The van der Waals surface area contributed by atoms with E-state index in [2.05, 4.69) is 10.0 Å². The zero-order valence-electron chi connectivity index (χ0n) is 17.4. The Balaban J connectivity index is 0.00000363. The highest BCUT2D eigenvalue weighted by Crippen LogP contribution is 2.28. The molecular formula is C21H22ClF2N3O4S. The van der Waals surface area contributed by atoms with Crippen LogP contribution in [0.4, 0.5) is 20.2 Å². The van der Waals surface area contributed by atoms with Gasteiger partial charge in [0, 0.05) is 5.69 Å². The molecule has 0 radical (unpaired) electrons. The largest absolute Gasteiger partial charge is 0.461 e. The first-order valence-electron chi connectivity index (χ1n) is 9.16. The molecule has 0 saturated heterocycles. The van der Waals surface area contributed by atoms with Crippen molar-refractivity contribution in [2.75, 3.05) is 10.0 Å². The van der Waals surface area contributed by atoms with Gasteiger partial charge in [0.05, 0.1) is 21.7 Å². The number of amides is 1. The van der Waals surface area contributed by atoms with Crippen LogP contribution in [0.2, 0.25) is 0 Å². The second-order valence-corrected chi connectivity index (χ2v) is 9.21. The van der Waals surface area contributed by atoms with Gasteiger partial charge in [-0.15, -0.1) is 12.4 Å². The standard InChI is InChI=1S/C21H21F2N3O4S.ClH/c1-12-4-9-19(30-12)15-7-6-14(11-17(15)23)31(28,29)26-18-10-13(5-8-16(18)22)25-20(27)21(2,3)24;/h4-11,26H,24H2,1-3H3,(H,25,27);1H. The minimum Gasteiger partial charge on any atom is -0.461 e. The molecule has 7 nitrogen and oxygen atoms in total. The summed E-state index contributed by atoms with van der Waals surface area (Å²) in [5.41, 5.74) is 4.32. The van der Waals surface area contributed by atoms with Crippen LogP contribution in [0.1, 0.15) is 19.6 Å². The summed E-state index contributed by atoms with van der Waals surface area (Å²) in [5.74, 6) is -1.41. The molecule has 172 valence electrons. The predicted octanol–water partition coefficient (Wildman–Crippen LogP) is 4.43. The lowest BCUT2D eigenvalue weighted by molar-refractivity contribution is -0.120. The van der Waals surface area contributed by atoms with Crippen LogP contribution in [0.3, 0.4) is 0 Å². The second kappa shape index (κ2) is 9.27. The van der Waals surface area contributed by atoms with Crippen molar-refractivity contribution in [3.8, 4) is 11.3 Å². The number of carbonyl (C=O) groups is 1. The molecule has 0 atom stereocenters. The Kier molecular flexibility index (Phi) is 7.33. The van der Waals surface area contributed by atoms with Crippen LogP contribution in [-0.2, 0) is 14.8 Å². The predicted molar refractivity (Wildman–Crippen MR) is 120 cm³/mol. The Morgan fingerprint density at radius 2 is 1.72 bits per heavy atom. The molecule has 11 heteroatoms. The average molecular weight is 486 g/mol. The molecule has 1 amide bonds. The summed E-state index contributed by atoms with van der Waals surface area (Å²) in [5, 5.41) is 2.48. The first-order valence-corrected chi connectivity index (χ1v) is 10.6. The van der Waals surface area contributed by atoms with E-state index in [4.69, 9.17) is 10.2 Å². The summed E-state index contributed by atoms with van der Waals surface area (Å²) in [4.78, 5) is 11.6. The zero-order valence-corrected chi connectivity index (χ0v) is 19.0. The summed E-state index contributed by atoms with van der Waals surface area (Å²) in [6.07, 6.45) is 0. The lowest BCUT2D eigenvalue weighted by Crippen LogP contribution is -2.45. The number of nitrogens with one attached hydrogen (secondary N) is 2. The maximum absolute atomic E-state index is 14.5. The quantitative estimate of drug-likeness (QED) is 0.477. The van der Waals surface area contributed by atoms with E-state index in [1.54, 1.807) is 19.1 Å². The first kappa shape index (κ1) is 25.3. The van der Waals surface area contributed by atoms with E-state index in [1.165, 1.54) is 32.0 Å². The van der Waals surface area contributed by atoms with Crippen molar-refractivity contribution in [2.24, 2.45) is 5.73 Å². The van der Waals surface area contributed by atoms with Crippen LogP contribution in [0.25, 0.3) is 11.3 Å². The van der Waals surface area contributed by atoms with Crippen LogP contribution in [0.15, 0.2) is 57.8 Å². The SMILES string of the molecule is Cc1ccc(-c2ccc(S(=O)(=O)Nc3cc(NC(=O)C(C)(C)N)ccc3F)cc2F)o1.Cl. The summed E-state index contributed by atoms with van der Waals surface area (Å²) >= 11 is 0. The van der Waals surface area contributed by atoms with Gasteiger partial charge in [0.2, 0.25) is 5.91 Å². The van der Waals surface area contributed by atoms with E-state index in [9.17, 15) is 22.0 Å². The molecule has 1 heterocycles. The Hall–Kier alpha value is -2.95.